The Kier molecular flexibility index (Phi) is 9.16. The topological polar surface area (TPSA) is 179 Å². The number of ether oxygens (including phenoxy) is 4. The van der Waals surface area contributed by atoms with Crippen molar-refractivity contribution in [3.8, 4) is 11.5 Å². The van der Waals surface area contributed by atoms with Gasteiger partial charge in [-0.15, -0.1) is 0 Å². The molecule has 13 nitrogen and oxygen atoms in total. The molecule has 2 aliphatic carbocycles. The lowest BCUT2D eigenvalue weighted by Crippen LogP contribution is -2.74. The second-order valence-electron chi connectivity index (χ2n) is 12.6. The first-order valence-corrected chi connectivity index (χ1v) is 15.6. The highest BCUT2D eigenvalue weighted by Gasteiger charge is 2.72. The van der Waals surface area contributed by atoms with E-state index in [2.05, 4.69) is 15.5 Å². The number of benzene rings is 1. The van der Waals surface area contributed by atoms with Crippen LogP contribution in [0.5, 0.6) is 11.5 Å². The summed E-state index contributed by atoms with van der Waals surface area (Å²) in [5, 5.41) is 17.5. The molecule has 2 heterocycles. The molecule has 1 aromatic carbocycles. The van der Waals surface area contributed by atoms with Crippen LogP contribution in [0.1, 0.15) is 64.0 Å². The lowest BCUT2D eigenvalue weighted by atomic mass is 9.50. The Morgan fingerprint density at radius 2 is 1.93 bits per heavy atom. The summed E-state index contributed by atoms with van der Waals surface area (Å²) in [5.74, 6) is -1.24. The summed E-state index contributed by atoms with van der Waals surface area (Å²) in [4.78, 5) is 52.7. The van der Waals surface area contributed by atoms with Gasteiger partial charge in [0.25, 0.3) is 0 Å². The molecule has 246 valence electrons. The molecule has 1 spiro atoms. The largest absolute Gasteiger partial charge is 0.493 e. The van der Waals surface area contributed by atoms with Gasteiger partial charge in [-0.3, -0.25) is 9.59 Å². The van der Waals surface area contributed by atoms with E-state index in [4.69, 9.17) is 24.7 Å². The quantitative estimate of drug-likeness (QED) is 0.188. The number of carbonyl (C=O) groups excluding carboxylic acids is 4. The van der Waals surface area contributed by atoms with Crippen LogP contribution in [0.2, 0.25) is 0 Å². The number of unbranched alkanes of at least 4 members (excludes halogenated alkanes) is 1. The third kappa shape index (κ3) is 5.55. The molecule has 0 aromatic heterocycles. The zero-order chi connectivity index (χ0) is 32.7. The molecule has 4 aliphatic rings. The molecule has 0 unspecified atom stereocenters. The van der Waals surface area contributed by atoms with Gasteiger partial charge in [0.05, 0.1) is 18.1 Å². The Morgan fingerprint density at radius 1 is 1.18 bits per heavy atom. The number of esters is 2. The Labute approximate surface area is 262 Å². The van der Waals surface area contributed by atoms with Crippen LogP contribution in [-0.2, 0) is 40.5 Å². The van der Waals surface area contributed by atoms with E-state index in [-0.39, 0.29) is 24.1 Å². The van der Waals surface area contributed by atoms with E-state index in [0.717, 1.165) is 17.7 Å². The minimum Gasteiger partial charge on any atom is -0.493 e. The van der Waals surface area contributed by atoms with Crippen LogP contribution < -0.4 is 25.8 Å². The number of hydrogen-bond acceptors (Lipinski definition) is 11. The average molecular weight is 629 g/mol. The highest BCUT2D eigenvalue weighted by molar-refractivity contribution is 5.90. The molecule has 45 heavy (non-hydrogen) atoms. The number of piperidine rings is 1. The Bertz CT molecular complexity index is 1400. The molecule has 13 heteroatoms. The summed E-state index contributed by atoms with van der Waals surface area (Å²) < 4.78 is 23.3. The molecular formula is C32H44N4O9. The van der Waals surface area contributed by atoms with Crippen LogP contribution in [0.25, 0.3) is 0 Å². The maximum Gasteiger partial charge on any atom is 0.352 e. The molecule has 5 rings (SSSR count). The van der Waals surface area contributed by atoms with Crippen molar-refractivity contribution in [3.05, 3.63) is 35.1 Å². The highest BCUT2D eigenvalue weighted by Crippen LogP contribution is 2.65. The number of amides is 2. The van der Waals surface area contributed by atoms with Crippen LogP contribution >= 0.6 is 0 Å². The maximum atomic E-state index is 13.3. The Hall–Kier alpha value is -3.68. The predicted molar refractivity (Wildman–Crippen MR) is 161 cm³/mol. The normalized spacial score (nSPS) is 27.9. The SMILES string of the molecule is COc1ccc2c3c1O[C@H]1C(OC(=O)[C@H](C)OC(=O)[C@H](C)NC(=O)[C@H](CCCCN)NC(C)=O)=CC[C@@]4(O)[C@@H](C2)N(C)CC[C@]314. The van der Waals surface area contributed by atoms with Crippen molar-refractivity contribution in [1.29, 1.82) is 0 Å². The molecule has 0 saturated carbocycles. The number of nitrogens with zero attached hydrogens (tertiary/aromatic N) is 1. The van der Waals surface area contributed by atoms with Crippen LogP contribution in [0, 0.1) is 0 Å². The number of hydrogen-bond donors (Lipinski definition) is 4. The van der Waals surface area contributed by atoms with Crippen molar-refractivity contribution < 1.29 is 43.2 Å². The van der Waals surface area contributed by atoms with Crippen LogP contribution in [-0.4, -0.2) is 96.9 Å². The smallest absolute Gasteiger partial charge is 0.352 e. The van der Waals surface area contributed by atoms with Gasteiger partial charge in [0.2, 0.25) is 11.8 Å². The fraction of sp³-hybridized carbons (Fsp3) is 0.625. The monoisotopic (exact) mass is 628 g/mol. The third-order valence-electron chi connectivity index (χ3n) is 9.75. The van der Waals surface area contributed by atoms with Gasteiger partial charge in [-0.25, -0.2) is 9.59 Å². The average Bonchev–Trinajstić information content (AvgIpc) is 3.35. The second-order valence-corrected chi connectivity index (χ2v) is 12.6. The van der Waals surface area contributed by atoms with Gasteiger partial charge in [0, 0.05) is 24.9 Å². The first-order valence-electron chi connectivity index (χ1n) is 15.6. The zero-order valence-electron chi connectivity index (χ0n) is 26.5. The van der Waals surface area contributed by atoms with Crippen molar-refractivity contribution in [2.45, 2.75) is 101 Å². The van der Waals surface area contributed by atoms with Gasteiger partial charge < -0.3 is 45.3 Å². The number of rotatable bonds is 12. The summed E-state index contributed by atoms with van der Waals surface area (Å²) in [6, 6.07) is 1.79. The van der Waals surface area contributed by atoms with E-state index in [1.807, 2.05) is 19.2 Å². The molecular weight excluding hydrogens is 584 g/mol. The maximum absolute atomic E-state index is 13.3. The van der Waals surface area contributed by atoms with E-state index >= 15 is 0 Å². The number of carbonyl (C=O) groups is 4. The fourth-order valence-corrected chi connectivity index (χ4v) is 7.49. The highest BCUT2D eigenvalue weighted by atomic mass is 16.6. The lowest BCUT2D eigenvalue weighted by Gasteiger charge is -2.61. The third-order valence-corrected chi connectivity index (χ3v) is 9.75. The van der Waals surface area contributed by atoms with Gasteiger partial charge in [-0.2, -0.15) is 0 Å². The van der Waals surface area contributed by atoms with Crippen molar-refractivity contribution >= 4 is 23.8 Å². The first kappa shape index (κ1) is 32.7. The van der Waals surface area contributed by atoms with Crippen molar-refractivity contribution in [1.82, 2.24) is 15.5 Å². The van der Waals surface area contributed by atoms with E-state index < -0.39 is 53.2 Å². The summed E-state index contributed by atoms with van der Waals surface area (Å²) >= 11 is 0. The molecule has 2 aliphatic heterocycles. The van der Waals surface area contributed by atoms with E-state index in [0.29, 0.717) is 50.1 Å². The molecule has 5 N–H and O–H groups in total. The minimum absolute atomic E-state index is 0.153. The van der Waals surface area contributed by atoms with Crippen molar-refractivity contribution in [3.63, 3.8) is 0 Å². The molecule has 1 fully saturated rings. The summed E-state index contributed by atoms with van der Waals surface area (Å²) in [6.45, 7) is 5.30. The van der Waals surface area contributed by atoms with E-state index in [1.54, 1.807) is 13.2 Å². The molecule has 7 atom stereocenters. The van der Waals surface area contributed by atoms with Gasteiger partial charge >= 0.3 is 11.9 Å². The van der Waals surface area contributed by atoms with Gasteiger partial charge in [-0.1, -0.05) is 6.07 Å². The first-order chi connectivity index (χ1) is 21.4. The van der Waals surface area contributed by atoms with E-state index in [1.165, 1.54) is 20.8 Å². The number of aliphatic hydroxyl groups is 1. The summed E-state index contributed by atoms with van der Waals surface area (Å²) in [6.07, 6.45) is 2.74. The van der Waals surface area contributed by atoms with Gasteiger partial charge in [-0.05, 0) is 83.8 Å². The molecule has 2 bridgehead atoms. The molecule has 1 saturated heterocycles. The van der Waals surface area contributed by atoms with E-state index in [9.17, 15) is 24.3 Å². The minimum atomic E-state index is -1.31. The number of methoxy groups -OCH3 is 1. The lowest BCUT2D eigenvalue weighted by molar-refractivity contribution is -0.176. The standard InChI is InChI=1S/C32H44N4O9/c1-17(34-28(38)21(35-19(3)37)8-6-7-14-33)29(39)43-18(2)30(40)44-23-11-12-32(41)24-16-20-9-10-22(42-5)26-25(20)31(32,27(23)45-26)13-15-36(24)4/h9-11,17-18,21,24,27,41H,6-8,12-16,33H2,1-5H3,(H,34,38)(H,35,37)/t17-,18-,21-,24+,27-,31-,32+/m0/s1. The number of likely N-dealkylation sites (tertiary alicyclic amines) is 1. The predicted octanol–water partition coefficient (Wildman–Crippen LogP) is 0.586. The van der Waals surface area contributed by atoms with Crippen LogP contribution in [0.15, 0.2) is 24.0 Å². The van der Waals surface area contributed by atoms with Gasteiger partial charge in [0.15, 0.2) is 23.7 Å². The fourth-order valence-electron chi connectivity index (χ4n) is 7.49. The second kappa shape index (κ2) is 12.6. The van der Waals surface area contributed by atoms with Crippen molar-refractivity contribution in [2.75, 3.05) is 27.2 Å². The Balaban J connectivity index is 1.28. The number of nitrogens with two attached hydrogens (primary N) is 1. The van der Waals surface area contributed by atoms with Crippen molar-refractivity contribution in [2.24, 2.45) is 5.73 Å². The summed E-state index contributed by atoms with van der Waals surface area (Å²) in [7, 11) is 3.57. The molecule has 0 radical (unpaired) electrons. The molecule has 1 aromatic rings. The van der Waals surface area contributed by atoms with Crippen LogP contribution in [0.3, 0.4) is 0 Å². The Morgan fingerprint density at radius 3 is 2.62 bits per heavy atom. The number of nitrogens with one attached hydrogen (secondary N) is 2. The summed E-state index contributed by atoms with van der Waals surface area (Å²) in [5.41, 5.74) is 5.50. The van der Waals surface area contributed by atoms with Gasteiger partial charge in [0.1, 0.15) is 17.8 Å². The van der Waals surface area contributed by atoms with Crippen LogP contribution in [0.4, 0.5) is 0 Å². The molecule has 2 amide bonds. The number of likely N-dealkylation sites (N-methyl/N-ethyl adjacent to an activating group) is 1. The zero-order valence-corrected chi connectivity index (χ0v) is 26.5.